The molecule has 1 aromatic rings. The zero-order valence-electron chi connectivity index (χ0n) is 14.9. The molecule has 2 atom stereocenters. The molecule has 1 N–H and O–H groups in total. The van der Waals surface area contributed by atoms with Crippen LogP contribution in [0.5, 0.6) is 0 Å². The number of hydrogen-bond donors (Lipinski definition) is 1. The van der Waals surface area contributed by atoms with Crippen molar-refractivity contribution < 1.29 is 4.79 Å². The van der Waals surface area contributed by atoms with Crippen molar-refractivity contribution in [2.24, 2.45) is 11.8 Å². The van der Waals surface area contributed by atoms with Crippen LogP contribution in [0.4, 0.5) is 5.82 Å². The highest BCUT2D eigenvalue weighted by Gasteiger charge is 2.21. The van der Waals surface area contributed by atoms with Gasteiger partial charge in [-0.1, -0.05) is 13.8 Å². The highest BCUT2D eigenvalue weighted by Crippen LogP contribution is 2.20. The summed E-state index contributed by atoms with van der Waals surface area (Å²) in [7, 11) is 0. The fraction of sp³-hybridized carbons (Fsp3) is 0.722. The zero-order valence-corrected chi connectivity index (χ0v) is 14.9. The van der Waals surface area contributed by atoms with Crippen molar-refractivity contribution in [3.8, 4) is 0 Å². The van der Waals surface area contributed by atoms with Crippen LogP contribution in [0.3, 0.4) is 0 Å². The van der Waals surface area contributed by atoms with Crippen LogP contribution in [-0.2, 0) is 0 Å². The monoisotopic (exact) mass is 331 g/mol. The topological polar surface area (TPSA) is 61.4 Å². The molecule has 0 bridgehead atoms. The predicted molar refractivity (Wildman–Crippen MR) is 95.2 cm³/mol. The molecule has 0 aliphatic carbocycles. The van der Waals surface area contributed by atoms with Crippen LogP contribution in [0, 0.1) is 11.8 Å². The molecule has 3 heterocycles. The Morgan fingerprint density at radius 1 is 1.17 bits per heavy atom. The van der Waals surface area contributed by atoms with Gasteiger partial charge >= 0.3 is 0 Å². The molecule has 1 amide bonds. The van der Waals surface area contributed by atoms with E-state index in [2.05, 4.69) is 39.2 Å². The number of likely N-dealkylation sites (tertiary alicyclic amines) is 1. The van der Waals surface area contributed by atoms with E-state index in [1.165, 1.54) is 19.3 Å². The SMILES string of the molecule is CC1CC(C)CN(CCNC(=O)c2ccc(N3CCCC3)nn2)C1. The van der Waals surface area contributed by atoms with Crippen molar-refractivity contribution >= 4 is 11.7 Å². The van der Waals surface area contributed by atoms with Crippen molar-refractivity contribution in [2.75, 3.05) is 44.2 Å². The molecule has 2 unspecified atom stereocenters. The molecule has 6 heteroatoms. The van der Waals surface area contributed by atoms with Crippen LogP contribution in [0.25, 0.3) is 0 Å². The van der Waals surface area contributed by atoms with E-state index in [0.717, 1.165) is 50.4 Å². The summed E-state index contributed by atoms with van der Waals surface area (Å²) < 4.78 is 0. The van der Waals surface area contributed by atoms with E-state index in [9.17, 15) is 4.79 Å². The Morgan fingerprint density at radius 3 is 2.50 bits per heavy atom. The van der Waals surface area contributed by atoms with Crippen molar-refractivity contribution in [1.82, 2.24) is 20.4 Å². The van der Waals surface area contributed by atoms with Crippen LogP contribution in [0.15, 0.2) is 12.1 Å². The fourth-order valence-corrected chi connectivity index (χ4v) is 3.95. The average molecular weight is 331 g/mol. The average Bonchev–Trinajstić information content (AvgIpc) is 3.08. The van der Waals surface area contributed by atoms with E-state index in [1.54, 1.807) is 6.07 Å². The van der Waals surface area contributed by atoms with E-state index in [4.69, 9.17) is 0 Å². The number of nitrogens with zero attached hydrogens (tertiary/aromatic N) is 4. The fourth-order valence-electron chi connectivity index (χ4n) is 3.95. The smallest absolute Gasteiger partial charge is 0.271 e. The number of hydrogen-bond acceptors (Lipinski definition) is 5. The molecule has 2 aliphatic rings. The van der Waals surface area contributed by atoms with Gasteiger partial charge in [0.25, 0.3) is 5.91 Å². The first-order chi connectivity index (χ1) is 11.6. The first kappa shape index (κ1) is 17.1. The summed E-state index contributed by atoms with van der Waals surface area (Å²) in [6, 6.07) is 3.68. The largest absolute Gasteiger partial charge is 0.355 e. The van der Waals surface area contributed by atoms with Crippen molar-refractivity contribution in [3.63, 3.8) is 0 Å². The Hall–Kier alpha value is -1.69. The number of piperidine rings is 1. The van der Waals surface area contributed by atoms with Crippen LogP contribution in [0.1, 0.15) is 43.6 Å². The third-order valence-electron chi connectivity index (χ3n) is 4.97. The minimum absolute atomic E-state index is 0.131. The van der Waals surface area contributed by atoms with Gasteiger partial charge in [0.15, 0.2) is 11.5 Å². The second-order valence-electron chi connectivity index (χ2n) is 7.43. The second-order valence-corrected chi connectivity index (χ2v) is 7.43. The summed E-state index contributed by atoms with van der Waals surface area (Å²) in [4.78, 5) is 16.9. The third-order valence-corrected chi connectivity index (χ3v) is 4.97. The number of carbonyl (C=O) groups excluding carboxylic acids is 1. The Balaban J connectivity index is 1.44. The summed E-state index contributed by atoms with van der Waals surface area (Å²) in [5, 5.41) is 11.3. The quantitative estimate of drug-likeness (QED) is 0.891. The number of nitrogens with one attached hydrogen (secondary N) is 1. The molecule has 0 saturated carbocycles. The molecular weight excluding hydrogens is 302 g/mol. The summed E-state index contributed by atoms with van der Waals surface area (Å²) in [6.07, 6.45) is 3.72. The van der Waals surface area contributed by atoms with E-state index in [1.807, 2.05) is 6.07 Å². The molecule has 2 fully saturated rings. The number of rotatable bonds is 5. The Bertz CT molecular complexity index is 531. The molecular formula is C18H29N5O. The van der Waals surface area contributed by atoms with E-state index in [0.29, 0.717) is 12.2 Å². The van der Waals surface area contributed by atoms with Crippen molar-refractivity contribution in [2.45, 2.75) is 33.1 Å². The van der Waals surface area contributed by atoms with Gasteiger partial charge in [-0.3, -0.25) is 4.79 Å². The lowest BCUT2D eigenvalue weighted by Gasteiger charge is -2.34. The minimum Gasteiger partial charge on any atom is -0.355 e. The molecule has 1 aromatic heterocycles. The van der Waals surface area contributed by atoms with Gasteiger partial charge in [-0.2, -0.15) is 0 Å². The minimum atomic E-state index is -0.131. The summed E-state index contributed by atoms with van der Waals surface area (Å²) in [5.74, 6) is 2.23. The van der Waals surface area contributed by atoms with Gasteiger partial charge in [0.2, 0.25) is 0 Å². The number of amides is 1. The van der Waals surface area contributed by atoms with Crippen LogP contribution < -0.4 is 10.2 Å². The molecule has 0 spiro atoms. The molecule has 24 heavy (non-hydrogen) atoms. The van der Waals surface area contributed by atoms with Gasteiger partial charge < -0.3 is 15.1 Å². The zero-order chi connectivity index (χ0) is 16.9. The van der Waals surface area contributed by atoms with Gasteiger partial charge in [-0.15, -0.1) is 10.2 Å². The maximum Gasteiger partial charge on any atom is 0.271 e. The Morgan fingerprint density at radius 2 is 1.88 bits per heavy atom. The second kappa shape index (κ2) is 7.92. The van der Waals surface area contributed by atoms with E-state index in [-0.39, 0.29) is 5.91 Å². The van der Waals surface area contributed by atoms with Crippen LogP contribution in [0.2, 0.25) is 0 Å². The third kappa shape index (κ3) is 4.44. The van der Waals surface area contributed by atoms with Crippen molar-refractivity contribution in [3.05, 3.63) is 17.8 Å². The lowest BCUT2D eigenvalue weighted by atomic mass is 9.92. The molecule has 6 nitrogen and oxygen atoms in total. The number of aromatic nitrogens is 2. The lowest BCUT2D eigenvalue weighted by Crippen LogP contribution is -2.43. The maximum atomic E-state index is 12.2. The molecule has 2 aliphatic heterocycles. The van der Waals surface area contributed by atoms with E-state index >= 15 is 0 Å². The normalized spacial score (nSPS) is 25.0. The Kier molecular flexibility index (Phi) is 5.66. The summed E-state index contributed by atoms with van der Waals surface area (Å²) >= 11 is 0. The van der Waals surface area contributed by atoms with Gasteiger partial charge in [0.1, 0.15) is 0 Å². The standard InChI is InChI=1S/C18H29N5O/c1-14-11-15(2)13-22(12-14)10-7-19-18(24)16-5-6-17(21-20-16)23-8-3-4-9-23/h5-6,14-15H,3-4,7-13H2,1-2H3,(H,19,24). The number of anilines is 1. The molecule has 132 valence electrons. The van der Waals surface area contributed by atoms with Gasteiger partial charge in [-0.05, 0) is 43.2 Å². The Labute approximate surface area is 144 Å². The number of carbonyl (C=O) groups is 1. The van der Waals surface area contributed by atoms with Crippen LogP contribution >= 0.6 is 0 Å². The first-order valence-electron chi connectivity index (χ1n) is 9.21. The highest BCUT2D eigenvalue weighted by molar-refractivity contribution is 5.92. The van der Waals surface area contributed by atoms with Gasteiger partial charge in [-0.25, -0.2) is 0 Å². The van der Waals surface area contributed by atoms with Crippen molar-refractivity contribution in [1.29, 1.82) is 0 Å². The molecule has 0 aromatic carbocycles. The summed E-state index contributed by atoms with van der Waals surface area (Å²) in [6.45, 7) is 10.5. The van der Waals surface area contributed by atoms with Crippen LogP contribution in [-0.4, -0.2) is 60.3 Å². The first-order valence-corrected chi connectivity index (χ1v) is 9.21. The maximum absolute atomic E-state index is 12.2. The predicted octanol–water partition coefficient (Wildman–Crippen LogP) is 1.78. The summed E-state index contributed by atoms with van der Waals surface area (Å²) in [5.41, 5.74) is 0.401. The van der Waals surface area contributed by atoms with Gasteiger partial charge in [0.05, 0.1) is 0 Å². The highest BCUT2D eigenvalue weighted by atomic mass is 16.1. The molecule has 2 saturated heterocycles. The lowest BCUT2D eigenvalue weighted by molar-refractivity contribution is 0.0931. The van der Waals surface area contributed by atoms with E-state index < -0.39 is 0 Å². The molecule has 0 radical (unpaired) electrons. The molecule has 3 rings (SSSR count). The van der Waals surface area contributed by atoms with Gasteiger partial charge in [0, 0.05) is 39.3 Å².